The summed E-state index contributed by atoms with van der Waals surface area (Å²) >= 11 is 0. The van der Waals surface area contributed by atoms with Crippen LogP contribution in [0.2, 0.25) is 0 Å². The van der Waals surface area contributed by atoms with E-state index in [0.717, 1.165) is 6.42 Å². The number of carbonyl (C=O) groups is 2. The molecule has 0 unspecified atom stereocenters. The lowest BCUT2D eigenvalue weighted by atomic mass is 10.2. The Bertz CT molecular complexity index is 496. The number of carbonyl (C=O) groups excluding carboxylic acids is 2. The standard InChI is InChI=1S/C14H20N4O3/c19-13(11-1-3-15-9-11)16-12-2-4-18(10-12)14(20)17-5-7-21-8-6-17/h1,3,9,12,15H,2,4-8,10H2,(H,16,19)/t12-/m0/s1. The minimum Gasteiger partial charge on any atom is -0.378 e. The highest BCUT2D eigenvalue weighted by Gasteiger charge is 2.30. The first-order valence-corrected chi connectivity index (χ1v) is 7.29. The van der Waals surface area contributed by atoms with Crippen molar-refractivity contribution < 1.29 is 14.3 Å². The fourth-order valence-electron chi connectivity index (χ4n) is 2.74. The molecule has 2 N–H and O–H groups in total. The lowest BCUT2D eigenvalue weighted by molar-refractivity contribution is 0.0450. The van der Waals surface area contributed by atoms with Crippen molar-refractivity contribution in [2.45, 2.75) is 12.5 Å². The normalized spacial score (nSPS) is 22.4. The number of nitrogens with zero attached hydrogens (tertiary/aromatic N) is 2. The monoisotopic (exact) mass is 292 g/mol. The van der Waals surface area contributed by atoms with Gasteiger partial charge in [-0.2, -0.15) is 0 Å². The Labute approximate surface area is 123 Å². The van der Waals surface area contributed by atoms with Crippen LogP contribution in [0.1, 0.15) is 16.8 Å². The molecule has 3 amide bonds. The number of nitrogens with one attached hydrogen (secondary N) is 2. The first-order valence-electron chi connectivity index (χ1n) is 7.29. The van der Waals surface area contributed by atoms with Gasteiger partial charge in [-0.05, 0) is 12.5 Å². The SMILES string of the molecule is O=C(N[C@H]1CCN(C(=O)N2CCOCC2)C1)c1cc[nH]c1. The zero-order valence-corrected chi connectivity index (χ0v) is 11.9. The Morgan fingerprint density at radius 3 is 2.76 bits per heavy atom. The topological polar surface area (TPSA) is 77.7 Å². The molecule has 2 aliphatic heterocycles. The molecule has 3 rings (SSSR count). The van der Waals surface area contributed by atoms with Gasteiger partial charge in [-0.25, -0.2) is 4.79 Å². The van der Waals surface area contributed by atoms with E-state index in [1.54, 1.807) is 18.5 Å². The number of rotatable bonds is 2. The van der Waals surface area contributed by atoms with E-state index in [1.807, 2.05) is 9.80 Å². The van der Waals surface area contributed by atoms with Gasteiger partial charge in [0, 0.05) is 44.6 Å². The zero-order valence-electron chi connectivity index (χ0n) is 11.9. The fourth-order valence-corrected chi connectivity index (χ4v) is 2.74. The van der Waals surface area contributed by atoms with Crippen molar-refractivity contribution in [1.82, 2.24) is 20.1 Å². The van der Waals surface area contributed by atoms with Crippen LogP contribution >= 0.6 is 0 Å². The highest BCUT2D eigenvalue weighted by atomic mass is 16.5. The molecule has 0 aromatic carbocycles. The molecule has 0 spiro atoms. The number of urea groups is 1. The maximum Gasteiger partial charge on any atom is 0.320 e. The van der Waals surface area contributed by atoms with Gasteiger partial charge in [0.15, 0.2) is 0 Å². The van der Waals surface area contributed by atoms with Crippen LogP contribution in [-0.4, -0.2) is 72.2 Å². The largest absolute Gasteiger partial charge is 0.378 e. The molecule has 1 aromatic heterocycles. The van der Waals surface area contributed by atoms with E-state index >= 15 is 0 Å². The smallest absolute Gasteiger partial charge is 0.320 e. The van der Waals surface area contributed by atoms with Gasteiger partial charge >= 0.3 is 6.03 Å². The second-order valence-corrected chi connectivity index (χ2v) is 5.39. The summed E-state index contributed by atoms with van der Waals surface area (Å²) in [5.41, 5.74) is 0.618. The Hall–Kier alpha value is -2.02. The maximum atomic E-state index is 12.3. The molecule has 0 bridgehead atoms. The minimum absolute atomic E-state index is 0.0254. The number of ether oxygens (including phenoxy) is 1. The molecule has 0 aliphatic carbocycles. The van der Waals surface area contributed by atoms with E-state index in [0.29, 0.717) is 45.0 Å². The van der Waals surface area contributed by atoms with Crippen LogP contribution in [0.5, 0.6) is 0 Å². The summed E-state index contributed by atoms with van der Waals surface area (Å²) in [6, 6.07) is 1.81. The van der Waals surface area contributed by atoms with E-state index in [2.05, 4.69) is 10.3 Å². The third-order valence-electron chi connectivity index (χ3n) is 3.94. The number of aromatic nitrogens is 1. The summed E-state index contributed by atoms with van der Waals surface area (Å²) in [5, 5.41) is 2.97. The van der Waals surface area contributed by atoms with E-state index in [4.69, 9.17) is 4.74 Å². The second kappa shape index (κ2) is 6.17. The van der Waals surface area contributed by atoms with E-state index < -0.39 is 0 Å². The maximum absolute atomic E-state index is 12.3. The third-order valence-corrected chi connectivity index (χ3v) is 3.94. The first kappa shape index (κ1) is 13.9. The highest BCUT2D eigenvalue weighted by molar-refractivity contribution is 5.94. The van der Waals surface area contributed by atoms with Crippen molar-refractivity contribution in [2.24, 2.45) is 0 Å². The van der Waals surface area contributed by atoms with Crippen molar-refractivity contribution in [1.29, 1.82) is 0 Å². The number of likely N-dealkylation sites (tertiary alicyclic amines) is 1. The van der Waals surface area contributed by atoms with Gasteiger partial charge in [-0.15, -0.1) is 0 Å². The van der Waals surface area contributed by atoms with Crippen molar-refractivity contribution in [3.05, 3.63) is 24.0 Å². The number of amides is 3. The lowest BCUT2D eigenvalue weighted by Gasteiger charge is -2.30. The molecule has 114 valence electrons. The Morgan fingerprint density at radius 1 is 1.24 bits per heavy atom. The summed E-state index contributed by atoms with van der Waals surface area (Å²) in [7, 11) is 0. The fraction of sp³-hybridized carbons (Fsp3) is 0.571. The third kappa shape index (κ3) is 3.18. The highest BCUT2D eigenvalue weighted by Crippen LogP contribution is 2.13. The quantitative estimate of drug-likeness (QED) is 0.821. The van der Waals surface area contributed by atoms with Crippen LogP contribution in [0.4, 0.5) is 4.79 Å². The molecule has 0 saturated carbocycles. The zero-order chi connectivity index (χ0) is 14.7. The van der Waals surface area contributed by atoms with Gasteiger partial charge in [0.25, 0.3) is 5.91 Å². The molecule has 2 aliphatic rings. The molecular weight excluding hydrogens is 272 g/mol. The summed E-state index contributed by atoms with van der Waals surface area (Å²) in [5.74, 6) is -0.0954. The molecule has 2 saturated heterocycles. The molecule has 1 atom stereocenters. The predicted molar refractivity (Wildman–Crippen MR) is 76.0 cm³/mol. The van der Waals surface area contributed by atoms with Crippen LogP contribution in [0.15, 0.2) is 18.5 Å². The van der Waals surface area contributed by atoms with Crippen LogP contribution in [0.25, 0.3) is 0 Å². The molecule has 2 fully saturated rings. The molecule has 0 radical (unpaired) electrons. The lowest BCUT2D eigenvalue weighted by Crippen LogP contribution is -2.48. The number of hydrogen-bond acceptors (Lipinski definition) is 3. The van der Waals surface area contributed by atoms with Gasteiger partial charge in [-0.3, -0.25) is 4.79 Å². The summed E-state index contributed by atoms with van der Waals surface area (Å²) < 4.78 is 5.26. The summed E-state index contributed by atoms with van der Waals surface area (Å²) in [4.78, 5) is 30.8. The van der Waals surface area contributed by atoms with Gasteiger partial charge in [0.2, 0.25) is 0 Å². The molecule has 21 heavy (non-hydrogen) atoms. The van der Waals surface area contributed by atoms with Crippen LogP contribution in [0.3, 0.4) is 0 Å². The van der Waals surface area contributed by atoms with E-state index in [1.165, 1.54) is 0 Å². The Kier molecular flexibility index (Phi) is 4.10. The summed E-state index contributed by atoms with van der Waals surface area (Å²) in [6.07, 6.45) is 4.19. The van der Waals surface area contributed by atoms with Crippen LogP contribution in [0, 0.1) is 0 Å². The Balaban J connectivity index is 1.50. The van der Waals surface area contributed by atoms with Crippen LogP contribution < -0.4 is 5.32 Å². The van der Waals surface area contributed by atoms with Crippen LogP contribution in [-0.2, 0) is 4.74 Å². The van der Waals surface area contributed by atoms with Gasteiger partial charge in [-0.1, -0.05) is 0 Å². The van der Waals surface area contributed by atoms with Gasteiger partial charge in [0.1, 0.15) is 0 Å². The van der Waals surface area contributed by atoms with Gasteiger partial charge in [0.05, 0.1) is 18.8 Å². The van der Waals surface area contributed by atoms with E-state index in [9.17, 15) is 9.59 Å². The average Bonchev–Trinajstić information content (AvgIpc) is 3.19. The van der Waals surface area contributed by atoms with Crippen molar-refractivity contribution >= 4 is 11.9 Å². The number of H-pyrrole nitrogens is 1. The van der Waals surface area contributed by atoms with E-state index in [-0.39, 0.29) is 18.0 Å². The number of hydrogen-bond donors (Lipinski definition) is 2. The first-order chi connectivity index (χ1) is 10.2. The van der Waals surface area contributed by atoms with Crippen molar-refractivity contribution in [3.8, 4) is 0 Å². The summed E-state index contributed by atoms with van der Waals surface area (Å²) in [6.45, 7) is 3.77. The molecular formula is C14H20N4O3. The van der Waals surface area contributed by atoms with Gasteiger partial charge < -0.3 is 24.8 Å². The average molecular weight is 292 g/mol. The molecule has 7 nitrogen and oxygen atoms in total. The molecule has 3 heterocycles. The Morgan fingerprint density at radius 2 is 2.05 bits per heavy atom. The number of morpholine rings is 1. The molecule has 7 heteroatoms. The van der Waals surface area contributed by atoms with Crippen molar-refractivity contribution in [2.75, 3.05) is 39.4 Å². The predicted octanol–water partition coefficient (Wildman–Crippen LogP) is 0.271. The second-order valence-electron chi connectivity index (χ2n) is 5.39. The minimum atomic E-state index is -0.0954. The number of aromatic amines is 1. The van der Waals surface area contributed by atoms with Crippen molar-refractivity contribution in [3.63, 3.8) is 0 Å². The molecule has 1 aromatic rings.